The highest BCUT2D eigenvalue weighted by Crippen LogP contribution is 2.39. The van der Waals surface area contributed by atoms with Crippen LogP contribution < -0.4 is 0 Å². The number of carbonyl (C=O) groups is 1. The third-order valence-corrected chi connectivity index (χ3v) is 5.62. The first-order chi connectivity index (χ1) is 11.5. The zero-order chi connectivity index (χ0) is 17.8. The first-order valence-corrected chi connectivity index (χ1v) is 10.1. The van der Waals surface area contributed by atoms with Gasteiger partial charge in [-0.25, -0.2) is 0 Å². The Labute approximate surface area is 147 Å². The van der Waals surface area contributed by atoms with Crippen LogP contribution in [0.4, 0.5) is 0 Å². The predicted molar refractivity (Wildman–Crippen MR) is 96.9 cm³/mol. The molecule has 2 unspecified atom stereocenters. The number of aliphatic carboxylic acids is 1. The van der Waals surface area contributed by atoms with Gasteiger partial charge in [0.05, 0.1) is 12.2 Å². The number of aliphatic hydroxyl groups is 2. The minimum Gasteiger partial charge on any atom is -0.481 e. The molecule has 4 heteroatoms. The average Bonchev–Trinajstić information content (AvgIpc) is 2.89. The van der Waals surface area contributed by atoms with Crippen molar-refractivity contribution in [1.29, 1.82) is 0 Å². The summed E-state index contributed by atoms with van der Waals surface area (Å²) in [5, 5.41) is 29.0. The van der Waals surface area contributed by atoms with Crippen molar-refractivity contribution in [2.45, 2.75) is 109 Å². The molecule has 1 aliphatic carbocycles. The van der Waals surface area contributed by atoms with Gasteiger partial charge in [0.1, 0.15) is 0 Å². The summed E-state index contributed by atoms with van der Waals surface area (Å²) in [7, 11) is 0. The molecule has 1 aliphatic rings. The van der Waals surface area contributed by atoms with E-state index < -0.39 is 5.97 Å². The first-order valence-electron chi connectivity index (χ1n) is 10.1. The highest BCUT2D eigenvalue weighted by atomic mass is 16.4. The maximum absolute atomic E-state index is 10.5. The van der Waals surface area contributed by atoms with Gasteiger partial charge in [-0.3, -0.25) is 4.79 Å². The van der Waals surface area contributed by atoms with Gasteiger partial charge in [0.25, 0.3) is 0 Å². The highest BCUT2D eigenvalue weighted by molar-refractivity contribution is 5.66. The molecule has 1 rings (SSSR count). The van der Waals surface area contributed by atoms with Gasteiger partial charge in [-0.15, -0.1) is 0 Å². The van der Waals surface area contributed by atoms with Crippen molar-refractivity contribution in [3.8, 4) is 0 Å². The van der Waals surface area contributed by atoms with E-state index in [4.69, 9.17) is 5.11 Å². The molecule has 0 aromatic carbocycles. The number of rotatable bonds is 14. The van der Waals surface area contributed by atoms with Crippen LogP contribution in [0.1, 0.15) is 96.8 Å². The van der Waals surface area contributed by atoms with Gasteiger partial charge in [0.2, 0.25) is 0 Å². The van der Waals surface area contributed by atoms with Crippen LogP contribution in [-0.2, 0) is 4.79 Å². The lowest BCUT2D eigenvalue weighted by molar-refractivity contribution is -0.137. The lowest BCUT2D eigenvalue weighted by atomic mass is 9.85. The Balaban J connectivity index is 2.18. The number of hydrogen-bond donors (Lipinski definition) is 3. The van der Waals surface area contributed by atoms with Crippen LogP contribution in [0.25, 0.3) is 0 Å². The van der Waals surface area contributed by atoms with E-state index in [0.717, 1.165) is 70.6 Å². The Morgan fingerprint density at radius 3 is 2.46 bits per heavy atom. The van der Waals surface area contributed by atoms with Gasteiger partial charge in [-0.05, 0) is 56.8 Å². The van der Waals surface area contributed by atoms with Crippen LogP contribution in [-0.4, -0.2) is 33.5 Å². The van der Waals surface area contributed by atoms with Gasteiger partial charge in [0.15, 0.2) is 0 Å². The summed E-state index contributed by atoms with van der Waals surface area (Å²) in [4.78, 5) is 10.5. The molecule has 0 aromatic rings. The molecular weight excluding hydrogens is 304 g/mol. The Bertz CT molecular complexity index is 332. The van der Waals surface area contributed by atoms with E-state index in [0.29, 0.717) is 11.8 Å². The second-order valence-corrected chi connectivity index (χ2v) is 7.64. The van der Waals surface area contributed by atoms with Crippen LogP contribution in [0.3, 0.4) is 0 Å². The summed E-state index contributed by atoms with van der Waals surface area (Å²) in [6, 6.07) is 0. The topological polar surface area (TPSA) is 77.8 Å². The first kappa shape index (κ1) is 21.4. The maximum atomic E-state index is 10.5. The summed E-state index contributed by atoms with van der Waals surface area (Å²) in [6.45, 7) is 2.18. The molecule has 0 aliphatic heterocycles. The van der Waals surface area contributed by atoms with Crippen molar-refractivity contribution in [2.75, 3.05) is 0 Å². The summed E-state index contributed by atoms with van der Waals surface area (Å²) in [6.07, 6.45) is 13.2. The largest absolute Gasteiger partial charge is 0.481 e. The average molecular weight is 343 g/mol. The highest BCUT2D eigenvalue weighted by Gasteiger charge is 2.34. The molecule has 0 spiro atoms. The van der Waals surface area contributed by atoms with E-state index in [2.05, 4.69) is 6.92 Å². The van der Waals surface area contributed by atoms with Gasteiger partial charge >= 0.3 is 5.97 Å². The van der Waals surface area contributed by atoms with Crippen molar-refractivity contribution in [2.24, 2.45) is 11.8 Å². The molecule has 0 aromatic heterocycles. The fraction of sp³-hybridized carbons (Fsp3) is 0.950. The number of hydrogen-bond acceptors (Lipinski definition) is 3. The number of unbranched alkanes of at least 4 members (excludes halogenated alkanes) is 5. The van der Waals surface area contributed by atoms with Gasteiger partial charge in [-0.1, -0.05) is 45.4 Å². The zero-order valence-electron chi connectivity index (χ0n) is 15.5. The van der Waals surface area contributed by atoms with Crippen molar-refractivity contribution in [3.63, 3.8) is 0 Å². The van der Waals surface area contributed by atoms with Crippen LogP contribution in [0.5, 0.6) is 0 Å². The second-order valence-electron chi connectivity index (χ2n) is 7.64. The van der Waals surface area contributed by atoms with Gasteiger partial charge < -0.3 is 15.3 Å². The monoisotopic (exact) mass is 342 g/mol. The van der Waals surface area contributed by atoms with Crippen LogP contribution in [0.15, 0.2) is 0 Å². The minimum absolute atomic E-state index is 0.175. The minimum atomic E-state index is -0.709. The predicted octanol–water partition coefficient (Wildman–Crippen LogP) is 4.52. The molecule has 1 saturated carbocycles. The van der Waals surface area contributed by atoms with E-state index in [1.807, 2.05) is 0 Å². The number of carboxylic acid groups (broad SMARTS) is 1. The molecular formula is C20H38O4. The molecule has 0 saturated heterocycles. The summed E-state index contributed by atoms with van der Waals surface area (Å²) >= 11 is 0. The van der Waals surface area contributed by atoms with E-state index in [9.17, 15) is 15.0 Å². The third-order valence-electron chi connectivity index (χ3n) is 5.62. The van der Waals surface area contributed by atoms with Crippen molar-refractivity contribution in [1.82, 2.24) is 0 Å². The standard InChI is InChI=1S/C20H38O4/c1-2-3-6-9-17(21)14-12-16-13-15-19(22)18(16)10-7-4-5-8-11-20(23)24/h16-19,21-22H,2-15H2,1H3,(H,23,24)/t16-,17?,18+,19?/m0/s1. The molecule has 24 heavy (non-hydrogen) atoms. The Morgan fingerprint density at radius 1 is 1.00 bits per heavy atom. The van der Waals surface area contributed by atoms with Crippen molar-refractivity contribution >= 4 is 5.97 Å². The molecule has 0 heterocycles. The molecule has 142 valence electrons. The molecule has 1 fully saturated rings. The zero-order valence-corrected chi connectivity index (χ0v) is 15.5. The van der Waals surface area contributed by atoms with Crippen LogP contribution in [0, 0.1) is 11.8 Å². The van der Waals surface area contributed by atoms with Crippen LogP contribution >= 0.6 is 0 Å². The Morgan fingerprint density at radius 2 is 1.75 bits per heavy atom. The molecule has 4 nitrogen and oxygen atoms in total. The Kier molecular flexibility index (Phi) is 11.4. The van der Waals surface area contributed by atoms with E-state index in [-0.39, 0.29) is 18.6 Å². The molecule has 0 amide bonds. The number of aliphatic hydroxyl groups excluding tert-OH is 2. The smallest absolute Gasteiger partial charge is 0.303 e. The molecule has 0 radical (unpaired) electrons. The Hall–Kier alpha value is -0.610. The molecule has 4 atom stereocenters. The molecule has 0 bridgehead atoms. The maximum Gasteiger partial charge on any atom is 0.303 e. The van der Waals surface area contributed by atoms with Crippen LogP contribution in [0.2, 0.25) is 0 Å². The summed E-state index contributed by atoms with van der Waals surface area (Å²) in [5.74, 6) is 0.228. The SMILES string of the molecule is CCCCCC(O)CC[C@H]1CCC(O)[C@@H]1CCCCCCC(=O)O. The lowest BCUT2D eigenvalue weighted by Gasteiger charge is -2.23. The fourth-order valence-electron chi connectivity index (χ4n) is 4.10. The van der Waals surface area contributed by atoms with E-state index in [1.54, 1.807) is 0 Å². The van der Waals surface area contributed by atoms with E-state index in [1.165, 1.54) is 12.8 Å². The third kappa shape index (κ3) is 9.03. The molecule has 3 N–H and O–H groups in total. The van der Waals surface area contributed by atoms with Crippen molar-refractivity contribution < 1.29 is 20.1 Å². The van der Waals surface area contributed by atoms with Crippen molar-refractivity contribution in [3.05, 3.63) is 0 Å². The van der Waals surface area contributed by atoms with Gasteiger partial charge in [-0.2, -0.15) is 0 Å². The lowest BCUT2D eigenvalue weighted by Crippen LogP contribution is -2.20. The summed E-state index contributed by atoms with van der Waals surface area (Å²) in [5.41, 5.74) is 0. The number of carboxylic acids is 1. The van der Waals surface area contributed by atoms with E-state index >= 15 is 0 Å². The quantitative estimate of drug-likeness (QED) is 0.406. The second kappa shape index (κ2) is 12.7. The fourth-order valence-corrected chi connectivity index (χ4v) is 4.10. The van der Waals surface area contributed by atoms with Gasteiger partial charge in [0, 0.05) is 6.42 Å². The normalized spacial score (nSPS) is 25.0. The summed E-state index contributed by atoms with van der Waals surface area (Å²) < 4.78 is 0.